The van der Waals surface area contributed by atoms with E-state index in [1.54, 1.807) is 0 Å². The lowest BCUT2D eigenvalue weighted by Crippen LogP contribution is -1.97. The average Bonchev–Trinajstić information content (AvgIpc) is 2.05. The molecule has 5 heteroatoms. The summed E-state index contributed by atoms with van der Waals surface area (Å²) < 4.78 is 10.6. The Morgan fingerprint density at radius 1 is 1.18 bits per heavy atom. The van der Waals surface area contributed by atoms with E-state index in [1.807, 2.05) is 22.6 Å². The minimum absolute atomic E-state index is 0.484. The first-order valence-electron chi connectivity index (χ1n) is 2.81. The third-order valence-electron chi connectivity index (χ3n) is 1.07. The van der Waals surface area contributed by atoms with Crippen molar-refractivity contribution in [1.29, 1.82) is 0 Å². The number of aromatic nitrogens is 2. The molecule has 11 heavy (non-hydrogen) atoms. The van der Waals surface area contributed by atoms with Crippen molar-refractivity contribution in [2.24, 2.45) is 0 Å². The van der Waals surface area contributed by atoms with E-state index in [9.17, 15) is 0 Å². The van der Waals surface area contributed by atoms with Crippen molar-refractivity contribution in [3.8, 4) is 11.8 Å². The number of hydrogen-bond acceptors (Lipinski definition) is 4. The van der Waals surface area contributed by atoms with Gasteiger partial charge in [0.25, 0.3) is 0 Å². The Hall–Kier alpha value is -0.590. The standard InChI is InChI=1S/C6H6IN2O2/c1-10-5-4(7)6(11-2)9-3-8-5/h1-2H3. The molecule has 0 atom stereocenters. The third kappa shape index (κ3) is 1.70. The van der Waals surface area contributed by atoms with Gasteiger partial charge >= 0.3 is 0 Å². The van der Waals surface area contributed by atoms with Crippen LogP contribution in [0.4, 0.5) is 0 Å². The highest BCUT2D eigenvalue weighted by Crippen LogP contribution is 2.24. The molecule has 0 aliphatic heterocycles. The van der Waals surface area contributed by atoms with Crippen LogP contribution < -0.4 is 9.47 Å². The first-order valence-corrected chi connectivity index (χ1v) is 3.89. The fourth-order valence-corrected chi connectivity index (χ4v) is 1.26. The monoisotopic (exact) mass is 265 g/mol. The predicted octanol–water partition coefficient (Wildman–Crippen LogP) is 0.899. The molecule has 0 amide bonds. The van der Waals surface area contributed by atoms with Gasteiger partial charge in [0.15, 0.2) is 0 Å². The van der Waals surface area contributed by atoms with Crippen LogP contribution >= 0.6 is 22.6 Å². The quantitative estimate of drug-likeness (QED) is 0.745. The molecule has 1 rings (SSSR count). The van der Waals surface area contributed by atoms with Gasteiger partial charge in [-0.25, -0.2) is 0 Å². The van der Waals surface area contributed by atoms with Crippen LogP contribution in [0.2, 0.25) is 0 Å². The Balaban J connectivity index is 3.10. The Morgan fingerprint density at radius 3 is 2.00 bits per heavy atom. The zero-order valence-electron chi connectivity index (χ0n) is 6.09. The molecular weight excluding hydrogens is 259 g/mol. The highest BCUT2D eigenvalue weighted by Gasteiger charge is 2.08. The van der Waals surface area contributed by atoms with E-state index in [4.69, 9.17) is 9.47 Å². The Morgan fingerprint density at radius 2 is 1.64 bits per heavy atom. The molecule has 0 aromatic carbocycles. The normalized spacial score (nSPS) is 9.36. The van der Waals surface area contributed by atoms with Gasteiger partial charge in [0, 0.05) is 0 Å². The summed E-state index contributed by atoms with van der Waals surface area (Å²) in [6.45, 7) is 0. The van der Waals surface area contributed by atoms with Gasteiger partial charge in [0.05, 0.1) is 14.2 Å². The first-order chi connectivity index (χ1) is 5.29. The molecule has 0 aliphatic rings. The third-order valence-corrected chi connectivity index (χ3v) is 1.99. The highest BCUT2D eigenvalue weighted by atomic mass is 127. The molecule has 0 aliphatic carbocycles. The van der Waals surface area contributed by atoms with Gasteiger partial charge < -0.3 is 9.47 Å². The van der Waals surface area contributed by atoms with Crippen LogP contribution in [0.15, 0.2) is 0 Å². The Kier molecular flexibility index (Phi) is 2.86. The topological polar surface area (TPSA) is 44.2 Å². The van der Waals surface area contributed by atoms with Gasteiger partial charge in [-0.3, -0.25) is 0 Å². The van der Waals surface area contributed by atoms with Crippen molar-refractivity contribution in [1.82, 2.24) is 9.97 Å². The van der Waals surface area contributed by atoms with Gasteiger partial charge in [-0.05, 0) is 22.6 Å². The molecule has 59 valence electrons. The summed E-state index contributed by atoms with van der Waals surface area (Å²) >= 11 is 2.05. The van der Waals surface area contributed by atoms with Crippen molar-refractivity contribution in [3.05, 3.63) is 9.90 Å². The average molecular weight is 265 g/mol. The lowest BCUT2D eigenvalue weighted by Gasteiger charge is -2.03. The molecule has 0 unspecified atom stereocenters. The molecule has 0 spiro atoms. The summed E-state index contributed by atoms with van der Waals surface area (Å²) in [5, 5.41) is 0. The second kappa shape index (κ2) is 3.70. The van der Waals surface area contributed by atoms with Gasteiger partial charge in [0.1, 0.15) is 3.57 Å². The van der Waals surface area contributed by atoms with Crippen LogP contribution in [0.1, 0.15) is 0 Å². The number of halogens is 1. The molecule has 0 saturated heterocycles. The maximum Gasteiger partial charge on any atom is 0.234 e. The van der Waals surface area contributed by atoms with Crippen molar-refractivity contribution in [3.63, 3.8) is 0 Å². The van der Waals surface area contributed by atoms with Crippen LogP contribution in [0, 0.1) is 9.90 Å². The van der Waals surface area contributed by atoms with Crippen LogP contribution in [0.5, 0.6) is 11.8 Å². The largest absolute Gasteiger partial charge is 0.480 e. The molecule has 1 aromatic heterocycles. The highest BCUT2D eigenvalue weighted by molar-refractivity contribution is 14.1. The zero-order chi connectivity index (χ0) is 8.27. The second-order valence-electron chi connectivity index (χ2n) is 1.66. The molecule has 0 N–H and O–H groups in total. The lowest BCUT2D eigenvalue weighted by molar-refractivity contribution is 0.365. The van der Waals surface area contributed by atoms with E-state index in [2.05, 4.69) is 16.3 Å². The Bertz CT molecular complexity index is 232. The molecule has 1 heterocycles. The Labute approximate surface area is 78.1 Å². The fraction of sp³-hybridized carbons (Fsp3) is 0.333. The number of methoxy groups -OCH3 is 2. The molecule has 0 saturated carbocycles. The van der Waals surface area contributed by atoms with E-state index in [1.165, 1.54) is 14.2 Å². The summed E-state index contributed by atoms with van der Waals surface area (Å²) in [7, 11) is 3.08. The van der Waals surface area contributed by atoms with Crippen LogP contribution in [0.3, 0.4) is 0 Å². The van der Waals surface area contributed by atoms with Gasteiger partial charge in [-0.2, -0.15) is 9.97 Å². The molecule has 1 radical (unpaired) electrons. The molecular formula is C6H6IN2O2. The fourth-order valence-electron chi connectivity index (χ4n) is 0.576. The maximum atomic E-state index is 4.92. The van der Waals surface area contributed by atoms with Crippen LogP contribution in [-0.2, 0) is 0 Å². The van der Waals surface area contributed by atoms with Gasteiger partial charge in [-0.15, -0.1) is 0 Å². The molecule has 0 fully saturated rings. The van der Waals surface area contributed by atoms with E-state index in [0.717, 1.165) is 3.57 Å². The van der Waals surface area contributed by atoms with Gasteiger partial charge in [0.2, 0.25) is 18.1 Å². The molecule has 1 aromatic rings. The van der Waals surface area contributed by atoms with Crippen molar-refractivity contribution in [2.45, 2.75) is 0 Å². The lowest BCUT2D eigenvalue weighted by atomic mass is 10.6. The van der Waals surface area contributed by atoms with Crippen LogP contribution in [0.25, 0.3) is 0 Å². The summed E-state index contributed by atoms with van der Waals surface area (Å²) in [5.41, 5.74) is 0. The number of hydrogen-bond donors (Lipinski definition) is 0. The predicted molar refractivity (Wildman–Crippen MR) is 46.7 cm³/mol. The van der Waals surface area contributed by atoms with Crippen molar-refractivity contribution in [2.75, 3.05) is 14.2 Å². The second-order valence-corrected chi connectivity index (χ2v) is 2.73. The summed E-state index contributed by atoms with van der Waals surface area (Å²) in [5.74, 6) is 0.968. The molecule has 4 nitrogen and oxygen atoms in total. The van der Waals surface area contributed by atoms with Gasteiger partial charge in [-0.1, -0.05) is 0 Å². The first kappa shape index (κ1) is 8.51. The number of ether oxygens (including phenoxy) is 2. The summed E-state index contributed by atoms with van der Waals surface area (Å²) in [4.78, 5) is 7.52. The van der Waals surface area contributed by atoms with Crippen molar-refractivity contribution < 1.29 is 9.47 Å². The maximum absolute atomic E-state index is 4.92. The van der Waals surface area contributed by atoms with Crippen molar-refractivity contribution >= 4 is 22.6 Å². The smallest absolute Gasteiger partial charge is 0.234 e. The molecule has 0 bridgehead atoms. The van der Waals surface area contributed by atoms with E-state index < -0.39 is 0 Å². The summed E-state index contributed by atoms with van der Waals surface area (Å²) in [6, 6.07) is 0. The summed E-state index contributed by atoms with van der Waals surface area (Å²) in [6.07, 6.45) is 2.42. The van der Waals surface area contributed by atoms with E-state index >= 15 is 0 Å². The SMILES string of the molecule is COc1n[c]nc(OC)c1I. The minimum atomic E-state index is 0.484. The number of rotatable bonds is 2. The van der Waals surface area contributed by atoms with E-state index in [-0.39, 0.29) is 0 Å². The number of nitrogens with zero attached hydrogens (tertiary/aromatic N) is 2. The minimum Gasteiger partial charge on any atom is -0.480 e. The van der Waals surface area contributed by atoms with Crippen LogP contribution in [-0.4, -0.2) is 24.2 Å². The zero-order valence-corrected chi connectivity index (χ0v) is 8.25. The van der Waals surface area contributed by atoms with E-state index in [0.29, 0.717) is 11.8 Å².